The van der Waals surface area contributed by atoms with Crippen molar-refractivity contribution in [3.05, 3.63) is 59.1 Å². The molecule has 0 heterocycles. The van der Waals surface area contributed by atoms with Crippen LogP contribution in [0.4, 0.5) is 11.4 Å². The average Bonchev–Trinajstić information content (AvgIpc) is 2.60. The maximum atomic E-state index is 11.9. The van der Waals surface area contributed by atoms with Crippen molar-refractivity contribution in [2.75, 3.05) is 17.2 Å². The zero-order valence-electron chi connectivity index (χ0n) is 14.3. The molecule has 0 atom stereocenters. The van der Waals surface area contributed by atoms with Crippen LogP contribution in [0.3, 0.4) is 0 Å². The molecule has 25 heavy (non-hydrogen) atoms. The Labute approximate surface area is 152 Å². The number of carbonyl (C=O) groups excluding carboxylic acids is 2. The predicted octanol–water partition coefficient (Wildman–Crippen LogP) is 3.66. The standard InChI is InChI=1S/C19H22ClN3O2/c1-13(2)19(25)23-15-9-7-14(8-10-15)11-22-18(24)12-21-17-6-4-3-5-16(17)20/h3-10,13,21H,11-12H2,1-2H3,(H,22,24)(H,23,25). The molecule has 2 aromatic rings. The lowest BCUT2D eigenvalue weighted by Gasteiger charge is -2.10. The lowest BCUT2D eigenvalue weighted by Crippen LogP contribution is -2.29. The van der Waals surface area contributed by atoms with Crippen LogP contribution in [0.5, 0.6) is 0 Å². The van der Waals surface area contributed by atoms with Gasteiger partial charge in [-0.15, -0.1) is 0 Å². The van der Waals surface area contributed by atoms with E-state index in [0.717, 1.165) is 16.9 Å². The van der Waals surface area contributed by atoms with Gasteiger partial charge in [-0.25, -0.2) is 0 Å². The zero-order chi connectivity index (χ0) is 18.2. The molecule has 0 aliphatic carbocycles. The third kappa shape index (κ3) is 6.12. The van der Waals surface area contributed by atoms with Gasteiger partial charge in [0.2, 0.25) is 11.8 Å². The normalized spacial score (nSPS) is 10.4. The second kappa shape index (κ2) is 9.08. The van der Waals surface area contributed by atoms with Crippen molar-refractivity contribution in [1.82, 2.24) is 5.32 Å². The molecule has 0 fully saturated rings. The van der Waals surface area contributed by atoms with E-state index in [1.807, 2.05) is 56.3 Å². The summed E-state index contributed by atoms with van der Waals surface area (Å²) in [4.78, 5) is 23.6. The first-order valence-electron chi connectivity index (χ1n) is 8.10. The van der Waals surface area contributed by atoms with Gasteiger partial charge in [-0.3, -0.25) is 9.59 Å². The van der Waals surface area contributed by atoms with Crippen molar-refractivity contribution >= 4 is 34.8 Å². The molecule has 0 radical (unpaired) electrons. The van der Waals surface area contributed by atoms with Gasteiger partial charge in [0.25, 0.3) is 0 Å². The number of rotatable bonds is 7. The van der Waals surface area contributed by atoms with Crippen LogP contribution in [0.25, 0.3) is 0 Å². The molecule has 6 heteroatoms. The number of carbonyl (C=O) groups is 2. The molecule has 0 bridgehead atoms. The Morgan fingerprint density at radius 3 is 2.36 bits per heavy atom. The molecule has 3 N–H and O–H groups in total. The maximum Gasteiger partial charge on any atom is 0.239 e. The number of para-hydroxylation sites is 1. The van der Waals surface area contributed by atoms with Crippen LogP contribution in [0.2, 0.25) is 5.02 Å². The summed E-state index contributed by atoms with van der Waals surface area (Å²) < 4.78 is 0. The second-order valence-electron chi connectivity index (χ2n) is 5.95. The first-order valence-corrected chi connectivity index (χ1v) is 8.48. The molecule has 5 nitrogen and oxygen atoms in total. The van der Waals surface area contributed by atoms with Crippen molar-refractivity contribution < 1.29 is 9.59 Å². The second-order valence-corrected chi connectivity index (χ2v) is 6.36. The molecular weight excluding hydrogens is 338 g/mol. The minimum atomic E-state index is -0.128. The van der Waals surface area contributed by atoms with Crippen LogP contribution >= 0.6 is 11.6 Å². The smallest absolute Gasteiger partial charge is 0.239 e. The van der Waals surface area contributed by atoms with Crippen LogP contribution in [-0.4, -0.2) is 18.4 Å². The summed E-state index contributed by atoms with van der Waals surface area (Å²) in [5.74, 6) is -0.214. The van der Waals surface area contributed by atoms with Crippen molar-refractivity contribution in [3.8, 4) is 0 Å². The highest BCUT2D eigenvalue weighted by Crippen LogP contribution is 2.19. The van der Waals surface area contributed by atoms with E-state index >= 15 is 0 Å². The van der Waals surface area contributed by atoms with E-state index in [-0.39, 0.29) is 24.3 Å². The van der Waals surface area contributed by atoms with Crippen LogP contribution < -0.4 is 16.0 Å². The Balaban J connectivity index is 1.78. The largest absolute Gasteiger partial charge is 0.375 e. The highest BCUT2D eigenvalue weighted by molar-refractivity contribution is 6.33. The van der Waals surface area contributed by atoms with Gasteiger partial charge in [-0.2, -0.15) is 0 Å². The predicted molar refractivity (Wildman–Crippen MR) is 102 cm³/mol. The first-order chi connectivity index (χ1) is 12.0. The van der Waals surface area contributed by atoms with Crippen LogP contribution in [0.1, 0.15) is 19.4 Å². The SMILES string of the molecule is CC(C)C(=O)Nc1ccc(CNC(=O)CNc2ccccc2Cl)cc1. The van der Waals surface area contributed by atoms with E-state index in [4.69, 9.17) is 11.6 Å². The Morgan fingerprint density at radius 1 is 1.04 bits per heavy atom. The minimum absolute atomic E-state index is 0.0216. The van der Waals surface area contributed by atoms with Gasteiger partial charge in [0.1, 0.15) is 0 Å². The van der Waals surface area contributed by atoms with Gasteiger partial charge < -0.3 is 16.0 Å². The molecule has 2 aromatic carbocycles. The fourth-order valence-corrected chi connectivity index (χ4v) is 2.24. The topological polar surface area (TPSA) is 70.2 Å². The number of hydrogen-bond donors (Lipinski definition) is 3. The summed E-state index contributed by atoms with van der Waals surface area (Å²) in [6.07, 6.45) is 0. The molecule has 0 aliphatic rings. The summed E-state index contributed by atoms with van der Waals surface area (Å²) in [6, 6.07) is 14.7. The number of amides is 2. The fraction of sp³-hybridized carbons (Fsp3) is 0.263. The van der Waals surface area contributed by atoms with Gasteiger partial charge in [0.15, 0.2) is 0 Å². The molecule has 0 unspecified atom stereocenters. The van der Waals surface area contributed by atoms with E-state index in [0.29, 0.717) is 11.6 Å². The van der Waals surface area contributed by atoms with Crippen molar-refractivity contribution in [1.29, 1.82) is 0 Å². The lowest BCUT2D eigenvalue weighted by atomic mass is 10.1. The van der Waals surface area contributed by atoms with E-state index in [1.54, 1.807) is 6.07 Å². The molecule has 2 rings (SSSR count). The monoisotopic (exact) mass is 359 g/mol. The zero-order valence-corrected chi connectivity index (χ0v) is 15.1. The minimum Gasteiger partial charge on any atom is -0.375 e. The molecule has 2 amide bonds. The van der Waals surface area contributed by atoms with E-state index in [2.05, 4.69) is 16.0 Å². The lowest BCUT2D eigenvalue weighted by molar-refractivity contribution is -0.120. The van der Waals surface area contributed by atoms with Crippen molar-refractivity contribution in [2.45, 2.75) is 20.4 Å². The Bertz CT molecular complexity index is 730. The molecule has 0 aliphatic heterocycles. The van der Waals surface area contributed by atoms with Gasteiger partial charge in [-0.05, 0) is 29.8 Å². The highest BCUT2D eigenvalue weighted by atomic mass is 35.5. The Morgan fingerprint density at radius 2 is 1.72 bits per heavy atom. The maximum absolute atomic E-state index is 11.9. The summed E-state index contributed by atoms with van der Waals surface area (Å²) in [7, 11) is 0. The third-order valence-electron chi connectivity index (χ3n) is 3.55. The Kier molecular flexibility index (Phi) is 6.83. The average molecular weight is 360 g/mol. The highest BCUT2D eigenvalue weighted by Gasteiger charge is 2.07. The number of nitrogens with one attached hydrogen (secondary N) is 3. The third-order valence-corrected chi connectivity index (χ3v) is 3.88. The number of anilines is 2. The molecule has 0 saturated carbocycles. The van der Waals surface area contributed by atoms with Crippen molar-refractivity contribution in [2.24, 2.45) is 5.92 Å². The summed E-state index contributed by atoms with van der Waals surface area (Å²) in [5, 5.41) is 9.24. The van der Waals surface area contributed by atoms with Gasteiger partial charge in [0, 0.05) is 18.2 Å². The molecule has 0 aromatic heterocycles. The van der Waals surface area contributed by atoms with E-state index in [1.165, 1.54) is 0 Å². The summed E-state index contributed by atoms with van der Waals surface area (Å²) in [5.41, 5.74) is 2.42. The quantitative estimate of drug-likeness (QED) is 0.706. The summed E-state index contributed by atoms with van der Waals surface area (Å²) >= 11 is 6.03. The molecule has 0 spiro atoms. The summed E-state index contributed by atoms with van der Waals surface area (Å²) in [6.45, 7) is 4.25. The van der Waals surface area contributed by atoms with Crippen LogP contribution in [-0.2, 0) is 16.1 Å². The number of benzene rings is 2. The molecule has 132 valence electrons. The van der Waals surface area contributed by atoms with E-state index < -0.39 is 0 Å². The number of halogens is 1. The van der Waals surface area contributed by atoms with Crippen LogP contribution in [0, 0.1) is 5.92 Å². The first kappa shape index (κ1) is 18.8. The van der Waals surface area contributed by atoms with Gasteiger partial charge in [-0.1, -0.05) is 49.7 Å². The van der Waals surface area contributed by atoms with Crippen LogP contribution in [0.15, 0.2) is 48.5 Å². The van der Waals surface area contributed by atoms with Crippen molar-refractivity contribution in [3.63, 3.8) is 0 Å². The number of hydrogen-bond acceptors (Lipinski definition) is 3. The van der Waals surface area contributed by atoms with Gasteiger partial charge >= 0.3 is 0 Å². The molecular formula is C19H22ClN3O2. The van der Waals surface area contributed by atoms with E-state index in [9.17, 15) is 9.59 Å². The molecule has 0 saturated heterocycles. The van der Waals surface area contributed by atoms with Gasteiger partial charge in [0.05, 0.1) is 17.3 Å². The fourth-order valence-electron chi connectivity index (χ4n) is 2.04. The Hall–Kier alpha value is -2.53.